The molecule has 3 aromatic rings. The number of benzene rings is 3. The number of phenols is 1. The van der Waals surface area contributed by atoms with Crippen LogP contribution in [-0.4, -0.2) is 24.3 Å². The average molecular weight is 455 g/mol. The predicted octanol–water partition coefficient (Wildman–Crippen LogP) is 4.51. The summed E-state index contributed by atoms with van der Waals surface area (Å²) in [6.45, 7) is 0.347. The molecule has 0 aliphatic carbocycles. The van der Waals surface area contributed by atoms with Crippen LogP contribution in [0, 0.1) is 0 Å². The Morgan fingerprint density at radius 1 is 1.10 bits per heavy atom. The van der Waals surface area contributed by atoms with Gasteiger partial charge in [0.15, 0.2) is 11.5 Å². The van der Waals surface area contributed by atoms with E-state index >= 15 is 0 Å². The minimum absolute atomic E-state index is 0.0306. The highest BCUT2D eigenvalue weighted by Crippen LogP contribution is 2.26. The molecule has 3 aromatic carbocycles. The van der Waals surface area contributed by atoms with Gasteiger partial charge in [0.1, 0.15) is 12.4 Å². The van der Waals surface area contributed by atoms with Crippen LogP contribution in [0.5, 0.6) is 17.2 Å². The predicted molar refractivity (Wildman–Crippen MR) is 115 cm³/mol. The third-order valence-corrected chi connectivity index (χ3v) is 4.50. The van der Waals surface area contributed by atoms with E-state index in [-0.39, 0.29) is 5.75 Å². The lowest BCUT2D eigenvalue weighted by Gasteiger charge is -2.11. The molecule has 0 saturated heterocycles. The Kier molecular flexibility index (Phi) is 6.86. The first-order chi connectivity index (χ1) is 14.1. The number of hydrazone groups is 1. The Morgan fingerprint density at radius 2 is 1.90 bits per heavy atom. The van der Waals surface area contributed by atoms with Crippen LogP contribution in [0.1, 0.15) is 21.5 Å². The summed E-state index contributed by atoms with van der Waals surface area (Å²) in [6.07, 6.45) is 1.46. The van der Waals surface area contributed by atoms with Gasteiger partial charge in [-0.15, -0.1) is 0 Å². The molecule has 3 rings (SSSR count). The number of carbonyl (C=O) groups excluding carboxylic acids is 1. The molecule has 0 aliphatic heterocycles. The first-order valence-corrected chi connectivity index (χ1v) is 9.53. The fourth-order valence-corrected chi connectivity index (χ4v) is 2.90. The molecule has 0 saturated carbocycles. The molecule has 2 N–H and O–H groups in total. The van der Waals surface area contributed by atoms with Crippen molar-refractivity contribution in [1.29, 1.82) is 0 Å². The van der Waals surface area contributed by atoms with Crippen LogP contribution in [0.15, 0.2) is 76.3 Å². The van der Waals surface area contributed by atoms with Gasteiger partial charge in [-0.3, -0.25) is 4.79 Å². The number of rotatable bonds is 7. The normalized spacial score (nSPS) is 10.7. The van der Waals surface area contributed by atoms with E-state index < -0.39 is 5.91 Å². The van der Waals surface area contributed by atoms with Gasteiger partial charge < -0.3 is 14.6 Å². The van der Waals surface area contributed by atoms with Crippen molar-refractivity contribution in [2.75, 3.05) is 7.11 Å². The molecule has 0 radical (unpaired) electrons. The van der Waals surface area contributed by atoms with Gasteiger partial charge in [-0.1, -0.05) is 46.3 Å². The van der Waals surface area contributed by atoms with E-state index in [0.29, 0.717) is 29.2 Å². The van der Waals surface area contributed by atoms with Gasteiger partial charge >= 0.3 is 0 Å². The van der Waals surface area contributed by atoms with Crippen LogP contribution in [0.3, 0.4) is 0 Å². The number of aromatic hydroxyl groups is 1. The Labute approximate surface area is 176 Å². The molecule has 0 heterocycles. The Bertz CT molecular complexity index is 1020. The number of methoxy groups -OCH3 is 1. The molecular weight excluding hydrogens is 436 g/mol. The lowest BCUT2D eigenvalue weighted by atomic mass is 10.2. The second kappa shape index (κ2) is 9.75. The average Bonchev–Trinajstić information content (AvgIpc) is 2.74. The maximum absolute atomic E-state index is 12.6. The summed E-state index contributed by atoms with van der Waals surface area (Å²) in [5, 5.41) is 13.6. The highest BCUT2D eigenvalue weighted by Gasteiger charge is 2.13. The number of nitrogens with zero attached hydrogens (tertiary/aromatic N) is 1. The highest BCUT2D eigenvalue weighted by molar-refractivity contribution is 9.10. The molecular formula is C22H19BrN2O4. The van der Waals surface area contributed by atoms with Crippen molar-refractivity contribution in [2.24, 2.45) is 5.10 Å². The fraction of sp³-hybridized carbons (Fsp3) is 0.0909. The van der Waals surface area contributed by atoms with E-state index in [9.17, 15) is 9.90 Å². The Balaban J connectivity index is 1.70. The number of nitrogens with one attached hydrogen (secondary N) is 1. The second-order valence-corrected chi connectivity index (χ2v) is 6.96. The fourth-order valence-electron chi connectivity index (χ4n) is 2.54. The molecule has 0 aliphatic rings. The van der Waals surface area contributed by atoms with Crippen LogP contribution in [-0.2, 0) is 6.61 Å². The van der Waals surface area contributed by atoms with Crippen molar-refractivity contribution in [1.82, 2.24) is 5.43 Å². The van der Waals surface area contributed by atoms with Crippen molar-refractivity contribution in [3.8, 4) is 17.2 Å². The smallest absolute Gasteiger partial charge is 0.275 e. The number of hydrogen-bond acceptors (Lipinski definition) is 5. The van der Waals surface area contributed by atoms with E-state index in [2.05, 4.69) is 26.5 Å². The third-order valence-electron chi connectivity index (χ3n) is 4.01. The van der Waals surface area contributed by atoms with Gasteiger partial charge in [0.05, 0.1) is 18.9 Å². The zero-order valence-electron chi connectivity index (χ0n) is 15.6. The molecule has 6 nitrogen and oxygen atoms in total. The van der Waals surface area contributed by atoms with E-state index in [1.807, 2.05) is 36.4 Å². The Morgan fingerprint density at radius 3 is 2.66 bits per heavy atom. The standard InChI is InChI=1S/C22H19BrN2O4/c1-28-21-11-16(7-9-19(21)26)13-24-25-22(27)18-12-17(23)8-10-20(18)29-14-15-5-3-2-4-6-15/h2-13,26H,14H2,1H3,(H,25,27). The van der Waals surface area contributed by atoms with Crippen molar-refractivity contribution in [2.45, 2.75) is 6.61 Å². The highest BCUT2D eigenvalue weighted by atomic mass is 79.9. The second-order valence-electron chi connectivity index (χ2n) is 6.05. The quantitative estimate of drug-likeness (QED) is 0.406. The molecule has 29 heavy (non-hydrogen) atoms. The molecule has 7 heteroatoms. The van der Waals surface area contributed by atoms with Crippen LogP contribution >= 0.6 is 15.9 Å². The zero-order chi connectivity index (χ0) is 20.6. The van der Waals surface area contributed by atoms with Gasteiger partial charge in [-0.25, -0.2) is 5.43 Å². The molecule has 1 amide bonds. The van der Waals surface area contributed by atoms with Gasteiger partial charge in [-0.05, 0) is 47.5 Å². The summed E-state index contributed by atoms with van der Waals surface area (Å²) >= 11 is 3.38. The van der Waals surface area contributed by atoms with Crippen molar-refractivity contribution < 1.29 is 19.4 Å². The maximum atomic E-state index is 12.6. The molecule has 0 spiro atoms. The number of hydrogen-bond donors (Lipinski definition) is 2. The largest absolute Gasteiger partial charge is 0.504 e. The van der Waals surface area contributed by atoms with Crippen LogP contribution in [0.2, 0.25) is 0 Å². The maximum Gasteiger partial charge on any atom is 0.275 e. The summed E-state index contributed by atoms with van der Waals surface area (Å²) < 4.78 is 11.6. The monoisotopic (exact) mass is 454 g/mol. The SMILES string of the molecule is COc1cc(C=NNC(=O)c2cc(Br)ccc2OCc2ccccc2)ccc1O. The number of halogens is 1. The topological polar surface area (TPSA) is 80.2 Å². The van der Waals surface area contributed by atoms with E-state index in [4.69, 9.17) is 9.47 Å². The summed E-state index contributed by atoms with van der Waals surface area (Å²) in [5.74, 6) is 0.402. The number of carbonyl (C=O) groups is 1. The molecule has 0 fully saturated rings. The lowest BCUT2D eigenvalue weighted by molar-refractivity contribution is 0.0950. The minimum atomic E-state index is -0.406. The third kappa shape index (κ3) is 5.58. The number of amides is 1. The first-order valence-electron chi connectivity index (χ1n) is 8.73. The minimum Gasteiger partial charge on any atom is -0.504 e. The van der Waals surface area contributed by atoms with E-state index in [1.165, 1.54) is 19.4 Å². The van der Waals surface area contributed by atoms with Gasteiger partial charge in [0.25, 0.3) is 5.91 Å². The number of ether oxygens (including phenoxy) is 2. The Hall–Kier alpha value is -3.32. The van der Waals surface area contributed by atoms with E-state index in [1.54, 1.807) is 24.3 Å². The van der Waals surface area contributed by atoms with Crippen molar-refractivity contribution >= 4 is 28.1 Å². The summed E-state index contributed by atoms with van der Waals surface area (Å²) in [7, 11) is 1.46. The van der Waals surface area contributed by atoms with Gasteiger partial charge in [0, 0.05) is 4.47 Å². The van der Waals surface area contributed by atoms with Crippen LogP contribution in [0.4, 0.5) is 0 Å². The summed E-state index contributed by atoms with van der Waals surface area (Å²) in [6, 6.07) is 19.7. The molecule has 0 unspecified atom stereocenters. The summed E-state index contributed by atoms with van der Waals surface area (Å²) in [4.78, 5) is 12.6. The first kappa shape index (κ1) is 20.4. The molecule has 0 aromatic heterocycles. The molecule has 148 valence electrons. The van der Waals surface area contributed by atoms with Crippen molar-refractivity contribution in [3.05, 3.63) is 87.9 Å². The molecule has 0 bridgehead atoms. The van der Waals surface area contributed by atoms with Gasteiger partial charge in [-0.2, -0.15) is 5.10 Å². The van der Waals surface area contributed by atoms with Crippen LogP contribution < -0.4 is 14.9 Å². The molecule has 0 atom stereocenters. The summed E-state index contributed by atoms with van der Waals surface area (Å²) in [5.41, 5.74) is 4.51. The van der Waals surface area contributed by atoms with Gasteiger partial charge in [0.2, 0.25) is 0 Å². The van der Waals surface area contributed by atoms with Crippen LogP contribution in [0.25, 0.3) is 0 Å². The number of phenolic OH excluding ortho intramolecular Hbond substituents is 1. The van der Waals surface area contributed by atoms with Crippen molar-refractivity contribution in [3.63, 3.8) is 0 Å². The zero-order valence-corrected chi connectivity index (χ0v) is 17.2. The van der Waals surface area contributed by atoms with E-state index in [0.717, 1.165) is 10.0 Å². The lowest BCUT2D eigenvalue weighted by Crippen LogP contribution is -2.18.